The quantitative estimate of drug-likeness (QED) is 0.651. The van der Waals surface area contributed by atoms with Crippen molar-refractivity contribution < 1.29 is 19.5 Å². The molecule has 0 saturated carbocycles. The lowest BCUT2D eigenvalue weighted by Crippen LogP contribution is -2.16. The maximum atomic E-state index is 9.37. The molecule has 8 heteroatoms. The Morgan fingerprint density at radius 2 is 1.90 bits per heavy atom. The predicted octanol–water partition coefficient (Wildman–Crippen LogP) is 4.47. The van der Waals surface area contributed by atoms with Gasteiger partial charge in [0.1, 0.15) is 0 Å². The third-order valence-corrected chi connectivity index (χ3v) is 5.83. The number of carboxylic acid groups (broad SMARTS) is 1. The van der Waals surface area contributed by atoms with Crippen LogP contribution in [0.15, 0.2) is 24.3 Å². The largest absolute Gasteiger partial charge is 0.481 e. The summed E-state index contributed by atoms with van der Waals surface area (Å²) in [7, 11) is 0. The Morgan fingerprint density at radius 3 is 2.45 bits per heavy atom. The van der Waals surface area contributed by atoms with Gasteiger partial charge in [-0.2, -0.15) is 9.59 Å². The summed E-state index contributed by atoms with van der Waals surface area (Å²) in [6, 6.07) is 8.86. The summed E-state index contributed by atoms with van der Waals surface area (Å²) < 4.78 is 0. The number of hydrogen-bond acceptors (Lipinski definition) is 6. The number of fused-ring (bicyclic) bond motifs is 1. The molecule has 0 spiro atoms. The Balaban J connectivity index is 0.000000452. The van der Waals surface area contributed by atoms with Gasteiger partial charge in [-0.05, 0) is 69.1 Å². The van der Waals surface area contributed by atoms with Crippen molar-refractivity contribution in [1.29, 1.82) is 0 Å². The highest BCUT2D eigenvalue weighted by Crippen LogP contribution is 2.34. The molecule has 29 heavy (non-hydrogen) atoms. The van der Waals surface area contributed by atoms with Crippen molar-refractivity contribution in [2.24, 2.45) is 0 Å². The van der Waals surface area contributed by atoms with Crippen LogP contribution in [-0.4, -0.2) is 30.3 Å². The van der Waals surface area contributed by atoms with E-state index in [2.05, 4.69) is 42.7 Å². The van der Waals surface area contributed by atoms with E-state index < -0.39 is 5.97 Å². The summed E-state index contributed by atoms with van der Waals surface area (Å²) in [6.45, 7) is 8.02. The van der Waals surface area contributed by atoms with Crippen molar-refractivity contribution in [2.45, 2.75) is 46.1 Å². The zero-order valence-corrected chi connectivity index (χ0v) is 18.5. The van der Waals surface area contributed by atoms with Crippen molar-refractivity contribution in [3.63, 3.8) is 0 Å². The molecule has 1 aliphatic rings. The van der Waals surface area contributed by atoms with E-state index in [1.54, 1.807) is 6.92 Å². The molecule has 0 aliphatic carbocycles. The molecule has 158 valence electrons. The van der Waals surface area contributed by atoms with Gasteiger partial charge >= 0.3 is 12.1 Å². The average molecular weight is 439 g/mol. The van der Waals surface area contributed by atoms with Gasteiger partial charge in [0.25, 0.3) is 0 Å². The van der Waals surface area contributed by atoms with Crippen LogP contribution in [0.4, 0.5) is 5.69 Å². The first-order valence-electron chi connectivity index (χ1n) is 9.38. The molecule has 1 aromatic heterocycles. The lowest BCUT2D eigenvalue weighted by Gasteiger charge is -2.20. The number of thiophene rings is 1. The summed E-state index contributed by atoms with van der Waals surface area (Å²) in [5.41, 5.74) is 3.92. The summed E-state index contributed by atoms with van der Waals surface area (Å²) in [6.07, 6.45) is 2.59. The molecule has 1 aromatic carbocycles. The van der Waals surface area contributed by atoms with E-state index in [1.165, 1.54) is 20.9 Å². The number of hydrogen-bond donors (Lipinski definition) is 3. The van der Waals surface area contributed by atoms with Crippen LogP contribution >= 0.6 is 22.9 Å². The molecular weight excluding hydrogens is 412 g/mol. The number of nitrogens with one attached hydrogen (secondary N) is 2. The van der Waals surface area contributed by atoms with E-state index in [9.17, 15) is 4.79 Å². The lowest BCUT2D eigenvalue weighted by atomic mass is 10.0. The van der Waals surface area contributed by atoms with Gasteiger partial charge < -0.3 is 15.7 Å². The Kier molecular flexibility index (Phi) is 11.2. The second-order valence-corrected chi connectivity index (χ2v) is 8.18. The van der Waals surface area contributed by atoms with Gasteiger partial charge in [-0.1, -0.05) is 24.6 Å². The van der Waals surface area contributed by atoms with Crippen LogP contribution < -0.4 is 10.6 Å². The smallest absolute Gasteiger partial charge is 0.373 e. The minimum atomic E-state index is -0.745. The van der Waals surface area contributed by atoms with E-state index in [-0.39, 0.29) is 18.6 Å². The average Bonchev–Trinajstić information content (AvgIpc) is 2.98. The summed E-state index contributed by atoms with van der Waals surface area (Å²) in [5, 5.41) is 15.7. The van der Waals surface area contributed by atoms with Gasteiger partial charge in [0, 0.05) is 16.2 Å². The van der Waals surface area contributed by atoms with Crippen LogP contribution in [0.1, 0.15) is 47.2 Å². The molecule has 2 heterocycles. The van der Waals surface area contributed by atoms with Crippen molar-refractivity contribution in [2.75, 3.05) is 18.4 Å². The van der Waals surface area contributed by atoms with Crippen molar-refractivity contribution in [3.05, 3.63) is 50.2 Å². The molecule has 2 aromatic rings. The zero-order chi connectivity index (χ0) is 21.8. The molecule has 0 fully saturated rings. The van der Waals surface area contributed by atoms with E-state index in [4.69, 9.17) is 26.3 Å². The number of anilines is 1. The molecule has 3 N–H and O–H groups in total. The number of benzene rings is 1. The fourth-order valence-corrected chi connectivity index (χ4v) is 3.98. The first-order valence-corrected chi connectivity index (χ1v) is 10.6. The summed E-state index contributed by atoms with van der Waals surface area (Å²) in [4.78, 5) is 28.3. The Bertz CT molecular complexity index is 832. The van der Waals surface area contributed by atoms with Crippen LogP contribution in [-0.2, 0) is 27.2 Å². The standard InChI is InChI=1S/C17H21ClN2S.C3H6O2.CO2/c1-11-3-6-16(21-11)12(2)20-17-14-8-10-19-9-7-13(14)4-5-15(17)18;1-2-3(4)5;2-1-3/h3-6,12,19-20H,7-10H2,1-2H3;2H2,1H3,(H,4,5);. The topological polar surface area (TPSA) is 95.5 Å². The maximum absolute atomic E-state index is 9.37. The molecule has 3 rings (SSSR count). The SMILES string of the molecule is CCC(=O)O.Cc1ccc(C(C)Nc2c(Cl)ccc3c2CCNCC3)s1.O=C=O. The van der Waals surface area contributed by atoms with Crippen molar-refractivity contribution in [1.82, 2.24) is 5.32 Å². The first kappa shape index (κ1) is 24.9. The normalized spacial score (nSPS) is 13.2. The molecule has 1 aliphatic heterocycles. The number of aliphatic carboxylic acids is 1. The highest BCUT2D eigenvalue weighted by molar-refractivity contribution is 7.12. The molecule has 1 unspecified atom stereocenters. The summed E-state index contributed by atoms with van der Waals surface area (Å²) >= 11 is 8.32. The number of aryl methyl sites for hydroxylation is 1. The Morgan fingerprint density at radius 1 is 1.28 bits per heavy atom. The Labute approximate surface area is 180 Å². The lowest BCUT2D eigenvalue weighted by molar-refractivity contribution is -0.191. The minimum Gasteiger partial charge on any atom is -0.481 e. The highest BCUT2D eigenvalue weighted by Gasteiger charge is 2.17. The summed E-state index contributed by atoms with van der Waals surface area (Å²) in [5.74, 6) is -0.745. The number of halogens is 1. The van der Waals surface area contributed by atoms with Gasteiger partial charge in [0.05, 0.1) is 16.8 Å². The second kappa shape index (κ2) is 13.1. The number of carboxylic acids is 1. The van der Waals surface area contributed by atoms with Crippen LogP contribution in [0.25, 0.3) is 0 Å². The van der Waals surface area contributed by atoms with E-state index in [1.807, 2.05) is 17.4 Å². The molecule has 0 saturated heterocycles. The second-order valence-electron chi connectivity index (χ2n) is 6.46. The number of carbonyl (C=O) groups is 1. The van der Waals surface area contributed by atoms with Gasteiger partial charge in [0.15, 0.2) is 0 Å². The monoisotopic (exact) mass is 438 g/mol. The number of rotatable bonds is 4. The van der Waals surface area contributed by atoms with Crippen LogP contribution in [0.3, 0.4) is 0 Å². The zero-order valence-electron chi connectivity index (χ0n) is 16.9. The fourth-order valence-electron chi connectivity index (χ4n) is 2.87. The Hall–Kier alpha value is -2.18. The number of carbonyl (C=O) groups excluding carboxylic acids is 2. The molecule has 0 radical (unpaired) electrons. The van der Waals surface area contributed by atoms with Gasteiger partial charge in [-0.15, -0.1) is 11.3 Å². The van der Waals surface area contributed by atoms with E-state index in [0.29, 0.717) is 0 Å². The van der Waals surface area contributed by atoms with E-state index >= 15 is 0 Å². The van der Waals surface area contributed by atoms with Crippen molar-refractivity contribution >= 4 is 40.7 Å². The molecule has 0 bridgehead atoms. The molecule has 1 atom stereocenters. The molecule has 0 amide bonds. The highest BCUT2D eigenvalue weighted by atomic mass is 35.5. The van der Waals surface area contributed by atoms with Crippen LogP contribution in [0.2, 0.25) is 5.02 Å². The molecular formula is C21H27ClN2O4S. The van der Waals surface area contributed by atoms with Gasteiger partial charge in [-0.3, -0.25) is 4.79 Å². The van der Waals surface area contributed by atoms with Crippen LogP contribution in [0, 0.1) is 6.92 Å². The fraction of sp³-hybridized carbons (Fsp3) is 0.429. The minimum absolute atomic E-state index is 0.222. The van der Waals surface area contributed by atoms with Gasteiger partial charge in [-0.25, -0.2) is 0 Å². The van der Waals surface area contributed by atoms with Gasteiger partial charge in [0.2, 0.25) is 0 Å². The van der Waals surface area contributed by atoms with Crippen molar-refractivity contribution in [3.8, 4) is 0 Å². The van der Waals surface area contributed by atoms with E-state index in [0.717, 1.165) is 36.6 Å². The first-order chi connectivity index (χ1) is 13.8. The predicted molar refractivity (Wildman–Crippen MR) is 116 cm³/mol. The maximum Gasteiger partial charge on any atom is 0.373 e. The molecule has 6 nitrogen and oxygen atoms in total. The third kappa shape index (κ3) is 8.38. The van der Waals surface area contributed by atoms with Crippen LogP contribution in [0.5, 0.6) is 0 Å². The third-order valence-electron chi connectivity index (χ3n) is 4.33.